The monoisotopic (exact) mass is 267 g/mol. The van der Waals surface area contributed by atoms with Gasteiger partial charge in [0.2, 0.25) is 0 Å². The fraction of sp³-hybridized carbons (Fsp3) is 1.00. The van der Waals surface area contributed by atoms with Crippen molar-refractivity contribution in [3.8, 4) is 0 Å². The molecule has 19 heavy (non-hydrogen) atoms. The molecule has 0 radical (unpaired) electrons. The normalized spacial score (nSPS) is 36.3. The molecule has 0 aromatic heterocycles. The lowest BCUT2D eigenvalue weighted by Crippen LogP contribution is -2.46. The van der Waals surface area contributed by atoms with Gasteiger partial charge >= 0.3 is 0 Å². The van der Waals surface area contributed by atoms with Gasteiger partial charge < -0.3 is 4.90 Å². The average molecular weight is 268 g/mol. The maximum atomic E-state index is 2.61. The Morgan fingerprint density at radius 2 is 1.42 bits per heavy atom. The van der Waals surface area contributed by atoms with E-state index in [4.69, 9.17) is 0 Å². The van der Waals surface area contributed by atoms with E-state index in [1.807, 2.05) is 0 Å². The summed E-state index contributed by atoms with van der Waals surface area (Å²) in [6.07, 6.45) is 5.38. The quantitative estimate of drug-likeness (QED) is 0.664. The van der Waals surface area contributed by atoms with Gasteiger partial charge in [-0.25, -0.2) is 0 Å². The molecule has 1 aliphatic heterocycles. The highest BCUT2D eigenvalue weighted by molar-refractivity contribution is 4.91. The Kier molecular flexibility index (Phi) is 5.52. The highest BCUT2D eigenvalue weighted by atomic mass is 15.2. The molecular weight excluding hydrogens is 230 g/mol. The smallest absolute Gasteiger partial charge is 0.0153 e. The van der Waals surface area contributed by atoms with E-state index in [1.54, 1.807) is 0 Å². The zero-order valence-electron chi connectivity index (χ0n) is 14.7. The molecule has 3 unspecified atom stereocenters. The molecular formula is C18H37N. The van der Waals surface area contributed by atoms with Crippen molar-refractivity contribution in [3.05, 3.63) is 0 Å². The first kappa shape index (κ1) is 17.0. The molecule has 3 atom stereocenters. The zero-order chi connectivity index (χ0) is 14.8. The summed E-state index contributed by atoms with van der Waals surface area (Å²) >= 11 is 0. The summed E-state index contributed by atoms with van der Waals surface area (Å²) in [7, 11) is 2.32. The van der Waals surface area contributed by atoms with Gasteiger partial charge in [0.25, 0.3) is 0 Å². The Balaban J connectivity index is 3.06. The van der Waals surface area contributed by atoms with Crippen molar-refractivity contribution in [3.63, 3.8) is 0 Å². The molecule has 0 spiro atoms. The lowest BCUT2D eigenvalue weighted by atomic mass is 9.71. The zero-order valence-corrected chi connectivity index (χ0v) is 14.7. The molecule has 1 rings (SSSR count). The second-order valence-corrected chi connectivity index (χ2v) is 8.44. The topological polar surface area (TPSA) is 3.24 Å². The molecule has 0 N–H and O–H groups in total. The molecule has 1 saturated heterocycles. The second kappa shape index (κ2) is 6.16. The Bertz CT molecular complexity index is 279. The summed E-state index contributed by atoms with van der Waals surface area (Å²) < 4.78 is 0. The van der Waals surface area contributed by atoms with E-state index in [0.29, 0.717) is 11.0 Å². The summed E-state index contributed by atoms with van der Waals surface area (Å²) in [6.45, 7) is 18.3. The first-order valence-electron chi connectivity index (χ1n) is 8.34. The molecule has 1 aliphatic rings. The van der Waals surface area contributed by atoms with E-state index < -0.39 is 0 Å². The number of hydrogen-bond acceptors (Lipinski definition) is 1. The molecule has 0 bridgehead atoms. The SMILES string of the molecule is CCC1CC(C)(C)CN(C)C(C)(C)CC(CC)C1C. The van der Waals surface area contributed by atoms with Gasteiger partial charge in [-0.1, -0.05) is 47.5 Å². The Labute approximate surface area is 122 Å². The fourth-order valence-corrected chi connectivity index (χ4v) is 4.22. The minimum Gasteiger partial charge on any atom is -0.301 e. The summed E-state index contributed by atoms with van der Waals surface area (Å²) in [5, 5.41) is 0. The minimum absolute atomic E-state index is 0.328. The van der Waals surface area contributed by atoms with Crippen molar-refractivity contribution < 1.29 is 0 Å². The predicted octanol–water partition coefficient (Wildman–Crippen LogP) is 5.21. The number of nitrogens with zero attached hydrogens (tertiary/aromatic N) is 1. The molecule has 1 heterocycles. The maximum Gasteiger partial charge on any atom is 0.0153 e. The summed E-state index contributed by atoms with van der Waals surface area (Å²) in [6, 6.07) is 0. The van der Waals surface area contributed by atoms with Crippen LogP contribution in [0.15, 0.2) is 0 Å². The van der Waals surface area contributed by atoms with Crippen LogP contribution in [0, 0.1) is 23.2 Å². The lowest BCUT2D eigenvalue weighted by Gasteiger charge is -2.41. The van der Waals surface area contributed by atoms with E-state index in [0.717, 1.165) is 17.8 Å². The molecule has 0 amide bonds. The third-order valence-electron chi connectivity index (χ3n) is 5.81. The molecule has 114 valence electrons. The minimum atomic E-state index is 0.328. The Hall–Kier alpha value is -0.0400. The third-order valence-corrected chi connectivity index (χ3v) is 5.81. The van der Waals surface area contributed by atoms with Gasteiger partial charge in [0.15, 0.2) is 0 Å². The van der Waals surface area contributed by atoms with Crippen LogP contribution in [0.4, 0.5) is 0 Å². The van der Waals surface area contributed by atoms with Crippen LogP contribution >= 0.6 is 0 Å². The maximum absolute atomic E-state index is 2.61. The fourth-order valence-electron chi connectivity index (χ4n) is 4.22. The van der Waals surface area contributed by atoms with Gasteiger partial charge in [-0.3, -0.25) is 0 Å². The summed E-state index contributed by atoms with van der Waals surface area (Å²) in [4.78, 5) is 2.61. The largest absolute Gasteiger partial charge is 0.301 e. The van der Waals surface area contributed by atoms with Crippen molar-refractivity contribution in [2.75, 3.05) is 13.6 Å². The van der Waals surface area contributed by atoms with Crippen molar-refractivity contribution in [1.29, 1.82) is 0 Å². The van der Waals surface area contributed by atoms with Crippen LogP contribution in [-0.4, -0.2) is 24.0 Å². The molecule has 0 aromatic carbocycles. The van der Waals surface area contributed by atoms with Crippen LogP contribution < -0.4 is 0 Å². The first-order valence-corrected chi connectivity index (χ1v) is 8.34. The van der Waals surface area contributed by atoms with E-state index in [-0.39, 0.29) is 0 Å². The van der Waals surface area contributed by atoms with Crippen LogP contribution in [0.2, 0.25) is 0 Å². The Morgan fingerprint density at radius 3 is 1.89 bits per heavy atom. The van der Waals surface area contributed by atoms with Crippen LogP contribution in [0.1, 0.15) is 74.1 Å². The number of rotatable bonds is 2. The van der Waals surface area contributed by atoms with E-state index in [1.165, 1.54) is 32.2 Å². The van der Waals surface area contributed by atoms with Gasteiger partial charge in [0.05, 0.1) is 0 Å². The van der Waals surface area contributed by atoms with Crippen LogP contribution in [0.5, 0.6) is 0 Å². The molecule has 0 aliphatic carbocycles. The van der Waals surface area contributed by atoms with E-state index in [2.05, 4.69) is 60.4 Å². The Morgan fingerprint density at radius 1 is 0.947 bits per heavy atom. The molecule has 1 nitrogen and oxygen atoms in total. The summed E-state index contributed by atoms with van der Waals surface area (Å²) in [5.74, 6) is 2.62. The highest BCUT2D eigenvalue weighted by Gasteiger charge is 2.38. The van der Waals surface area contributed by atoms with Gasteiger partial charge in [-0.15, -0.1) is 0 Å². The van der Waals surface area contributed by atoms with Gasteiger partial charge in [0, 0.05) is 12.1 Å². The van der Waals surface area contributed by atoms with Crippen LogP contribution in [0.25, 0.3) is 0 Å². The summed E-state index contributed by atoms with van der Waals surface area (Å²) in [5.41, 5.74) is 0.762. The van der Waals surface area contributed by atoms with Crippen molar-refractivity contribution >= 4 is 0 Å². The predicted molar refractivity (Wildman–Crippen MR) is 86.5 cm³/mol. The lowest BCUT2D eigenvalue weighted by molar-refractivity contribution is 0.0835. The third kappa shape index (κ3) is 4.21. The van der Waals surface area contributed by atoms with Gasteiger partial charge in [0.1, 0.15) is 0 Å². The second-order valence-electron chi connectivity index (χ2n) is 8.44. The van der Waals surface area contributed by atoms with E-state index in [9.17, 15) is 0 Å². The van der Waals surface area contributed by atoms with Gasteiger partial charge in [-0.2, -0.15) is 0 Å². The van der Waals surface area contributed by atoms with Crippen molar-refractivity contribution in [1.82, 2.24) is 4.90 Å². The van der Waals surface area contributed by atoms with E-state index >= 15 is 0 Å². The van der Waals surface area contributed by atoms with Crippen molar-refractivity contribution in [2.45, 2.75) is 79.7 Å². The first-order chi connectivity index (χ1) is 8.63. The molecule has 0 aromatic rings. The molecule has 1 heteroatoms. The standard InChI is InChI=1S/C18H37N/c1-9-15-11-17(4,5)13-19(8)18(6,7)12-16(10-2)14(15)3/h14-16H,9-13H2,1-8H3. The average Bonchev–Trinajstić information content (AvgIpc) is 2.32. The van der Waals surface area contributed by atoms with Crippen molar-refractivity contribution in [2.24, 2.45) is 23.2 Å². The molecule has 0 saturated carbocycles. The van der Waals surface area contributed by atoms with Crippen LogP contribution in [-0.2, 0) is 0 Å². The molecule has 1 fully saturated rings. The van der Waals surface area contributed by atoms with Gasteiger partial charge in [-0.05, 0) is 56.9 Å². The van der Waals surface area contributed by atoms with Crippen LogP contribution in [0.3, 0.4) is 0 Å². The number of hydrogen-bond donors (Lipinski definition) is 0. The highest BCUT2D eigenvalue weighted by Crippen LogP contribution is 2.42.